The van der Waals surface area contributed by atoms with Crippen molar-refractivity contribution in [3.05, 3.63) is 45.3 Å². The van der Waals surface area contributed by atoms with Crippen molar-refractivity contribution in [3.8, 4) is 0 Å². The number of ether oxygens (including phenoxy) is 1. The van der Waals surface area contributed by atoms with Crippen molar-refractivity contribution in [3.63, 3.8) is 0 Å². The van der Waals surface area contributed by atoms with Gasteiger partial charge in [-0.3, -0.25) is 9.36 Å². The minimum absolute atomic E-state index is 0.00175. The lowest BCUT2D eigenvalue weighted by Crippen LogP contribution is -2.43. The first-order chi connectivity index (χ1) is 13.2. The van der Waals surface area contributed by atoms with E-state index in [0.29, 0.717) is 25.9 Å². The van der Waals surface area contributed by atoms with Gasteiger partial charge in [0, 0.05) is 35.9 Å². The van der Waals surface area contributed by atoms with Crippen LogP contribution in [-0.4, -0.2) is 43.9 Å². The highest BCUT2D eigenvalue weighted by atomic mass is 79.9. The summed E-state index contributed by atoms with van der Waals surface area (Å²) in [6.45, 7) is 6.70. The van der Waals surface area contributed by atoms with E-state index >= 15 is 0 Å². The standard InChI is InChI=1S/C20H23BrN4O3/c1-20(2,3)28-19(27)23-10-7-13(8-11-23)25-16(26)9-12-24-18(25)17-14(21)5-4-6-15(17)22-24/h4-6,9,12-13H,7-8,10-11H2,1-3H3. The Bertz CT molecular complexity index is 1100. The zero-order chi connectivity index (χ0) is 20.1. The van der Waals surface area contributed by atoms with Gasteiger partial charge in [-0.15, -0.1) is 0 Å². The number of rotatable bonds is 1. The second-order valence-corrected chi connectivity index (χ2v) is 8.98. The Morgan fingerprint density at radius 1 is 1.21 bits per heavy atom. The molecule has 1 amide bonds. The van der Waals surface area contributed by atoms with E-state index in [0.717, 1.165) is 21.0 Å². The zero-order valence-corrected chi connectivity index (χ0v) is 17.8. The van der Waals surface area contributed by atoms with Crippen molar-refractivity contribution in [1.82, 2.24) is 19.1 Å². The fraction of sp³-hybridized carbons (Fsp3) is 0.450. The molecule has 4 rings (SSSR count). The fourth-order valence-electron chi connectivity index (χ4n) is 3.74. The fourth-order valence-corrected chi connectivity index (χ4v) is 4.27. The lowest BCUT2D eigenvalue weighted by molar-refractivity contribution is 0.0188. The van der Waals surface area contributed by atoms with Gasteiger partial charge in [-0.05, 0) is 61.7 Å². The molecule has 0 atom stereocenters. The number of aromatic nitrogens is 3. The molecule has 8 heteroatoms. The third kappa shape index (κ3) is 3.41. The van der Waals surface area contributed by atoms with Crippen molar-refractivity contribution in [1.29, 1.82) is 0 Å². The quantitative estimate of drug-likeness (QED) is 0.566. The number of hydrogen-bond donors (Lipinski definition) is 0. The van der Waals surface area contributed by atoms with Gasteiger partial charge in [0.05, 0.1) is 10.9 Å². The monoisotopic (exact) mass is 446 g/mol. The summed E-state index contributed by atoms with van der Waals surface area (Å²) in [6.07, 6.45) is 2.79. The van der Waals surface area contributed by atoms with Crippen LogP contribution in [0.1, 0.15) is 39.7 Å². The average molecular weight is 447 g/mol. The van der Waals surface area contributed by atoms with Crippen LogP contribution in [0, 0.1) is 0 Å². The van der Waals surface area contributed by atoms with Crippen molar-refractivity contribution in [2.45, 2.75) is 45.3 Å². The molecule has 28 heavy (non-hydrogen) atoms. The Hall–Kier alpha value is -2.35. The molecule has 0 radical (unpaired) electrons. The lowest BCUT2D eigenvalue weighted by Gasteiger charge is -2.34. The largest absolute Gasteiger partial charge is 0.444 e. The van der Waals surface area contributed by atoms with Crippen LogP contribution in [0.25, 0.3) is 16.6 Å². The Kier molecular flexibility index (Phi) is 4.69. The summed E-state index contributed by atoms with van der Waals surface area (Å²) in [5.74, 6) is 0. The van der Waals surface area contributed by atoms with Gasteiger partial charge in [-0.25, -0.2) is 9.31 Å². The molecule has 1 saturated heterocycles. The van der Waals surface area contributed by atoms with Crippen molar-refractivity contribution >= 4 is 38.6 Å². The smallest absolute Gasteiger partial charge is 0.410 e. The number of carbonyl (C=O) groups excluding carboxylic acids is 1. The van der Waals surface area contributed by atoms with Crippen molar-refractivity contribution < 1.29 is 9.53 Å². The molecule has 0 bridgehead atoms. The number of fused-ring (bicyclic) bond motifs is 3. The maximum Gasteiger partial charge on any atom is 0.410 e. The average Bonchev–Trinajstić information content (AvgIpc) is 3.00. The second kappa shape index (κ2) is 6.92. The van der Waals surface area contributed by atoms with E-state index in [9.17, 15) is 9.59 Å². The number of halogens is 1. The van der Waals surface area contributed by atoms with E-state index in [1.807, 2.05) is 43.5 Å². The molecule has 0 saturated carbocycles. The maximum atomic E-state index is 12.8. The molecule has 1 aliphatic rings. The zero-order valence-electron chi connectivity index (χ0n) is 16.2. The molecule has 148 valence electrons. The molecule has 3 heterocycles. The molecule has 1 aromatic carbocycles. The predicted octanol–water partition coefficient (Wildman–Crippen LogP) is 3.98. The SMILES string of the molecule is CC(C)(C)OC(=O)N1CCC(n2c(=O)ccn3nc4cccc(Br)c4c23)CC1. The molecule has 0 N–H and O–H groups in total. The first-order valence-corrected chi connectivity index (χ1v) is 10.2. The number of hydrogen-bond acceptors (Lipinski definition) is 4. The van der Waals surface area contributed by atoms with Crippen molar-refractivity contribution in [2.75, 3.05) is 13.1 Å². The number of piperidine rings is 1. The molecular weight excluding hydrogens is 424 g/mol. The van der Waals surface area contributed by atoms with E-state index in [2.05, 4.69) is 21.0 Å². The van der Waals surface area contributed by atoms with Crippen LogP contribution < -0.4 is 5.56 Å². The third-order valence-corrected chi connectivity index (χ3v) is 5.61. The van der Waals surface area contributed by atoms with Gasteiger partial charge >= 0.3 is 6.09 Å². The maximum absolute atomic E-state index is 12.8. The summed E-state index contributed by atoms with van der Waals surface area (Å²) in [5.41, 5.74) is 1.05. The van der Waals surface area contributed by atoms with Crippen LogP contribution in [0.3, 0.4) is 0 Å². The van der Waals surface area contributed by atoms with Crippen LogP contribution in [0.2, 0.25) is 0 Å². The minimum atomic E-state index is -0.515. The number of likely N-dealkylation sites (tertiary alicyclic amines) is 1. The Balaban J connectivity index is 1.67. The van der Waals surface area contributed by atoms with E-state index in [1.165, 1.54) is 0 Å². The van der Waals surface area contributed by atoms with Gasteiger partial charge in [0.1, 0.15) is 11.2 Å². The van der Waals surface area contributed by atoms with E-state index < -0.39 is 5.60 Å². The molecule has 0 spiro atoms. The summed E-state index contributed by atoms with van der Waals surface area (Å²) in [7, 11) is 0. The number of nitrogens with zero attached hydrogens (tertiary/aromatic N) is 4. The Labute approximate surface area is 171 Å². The minimum Gasteiger partial charge on any atom is -0.444 e. The second-order valence-electron chi connectivity index (χ2n) is 8.12. The predicted molar refractivity (Wildman–Crippen MR) is 111 cm³/mol. The van der Waals surface area contributed by atoms with Crippen LogP contribution >= 0.6 is 15.9 Å². The summed E-state index contributed by atoms with van der Waals surface area (Å²) in [5, 5.41) is 5.52. The molecule has 0 unspecified atom stereocenters. The van der Waals surface area contributed by atoms with Gasteiger partial charge in [-0.1, -0.05) is 6.07 Å². The van der Waals surface area contributed by atoms with Gasteiger partial charge in [0.25, 0.3) is 5.56 Å². The topological polar surface area (TPSA) is 68.8 Å². The summed E-state index contributed by atoms with van der Waals surface area (Å²) < 4.78 is 9.97. The normalized spacial score (nSPS) is 16.1. The highest BCUT2D eigenvalue weighted by molar-refractivity contribution is 9.10. The van der Waals surface area contributed by atoms with Crippen LogP contribution in [-0.2, 0) is 4.74 Å². The summed E-state index contributed by atoms with van der Waals surface area (Å²) in [4.78, 5) is 26.8. The molecule has 1 fully saturated rings. The lowest BCUT2D eigenvalue weighted by atomic mass is 10.0. The molecular formula is C20H23BrN4O3. The molecule has 1 aliphatic heterocycles. The van der Waals surface area contributed by atoms with E-state index in [4.69, 9.17) is 4.74 Å². The van der Waals surface area contributed by atoms with Gasteiger partial charge in [0.15, 0.2) is 0 Å². The van der Waals surface area contributed by atoms with Gasteiger partial charge < -0.3 is 9.64 Å². The number of benzene rings is 1. The highest BCUT2D eigenvalue weighted by Crippen LogP contribution is 2.31. The Morgan fingerprint density at radius 2 is 1.93 bits per heavy atom. The number of carbonyl (C=O) groups is 1. The van der Waals surface area contributed by atoms with E-state index in [-0.39, 0.29) is 17.7 Å². The molecule has 7 nitrogen and oxygen atoms in total. The van der Waals surface area contributed by atoms with Crippen LogP contribution in [0.5, 0.6) is 0 Å². The van der Waals surface area contributed by atoms with Crippen LogP contribution in [0.4, 0.5) is 4.79 Å². The van der Waals surface area contributed by atoms with Crippen molar-refractivity contribution in [2.24, 2.45) is 0 Å². The molecule has 3 aromatic rings. The third-order valence-electron chi connectivity index (χ3n) is 4.95. The molecule has 2 aromatic heterocycles. The first kappa shape index (κ1) is 19.0. The van der Waals surface area contributed by atoms with E-state index in [1.54, 1.807) is 21.7 Å². The first-order valence-electron chi connectivity index (χ1n) is 9.40. The highest BCUT2D eigenvalue weighted by Gasteiger charge is 2.29. The Morgan fingerprint density at radius 3 is 2.61 bits per heavy atom. The van der Waals surface area contributed by atoms with Gasteiger partial charge in [-0.2, -0.15) is 5.10 Å². The molecule has 0 aliphatic carbocycles. The van der Waals surface area contributed by atoms with Crippen LogP contribution in [0.15, 0.2) is 39.7 Å². The van der Waals surface area contributed by atoms with Gasteiger partial charge in [0.2, 0.25) is 0 Å². The number of amides is 1. The summed E-state index contributed by atoms with van der Waals surface area (Å²) >= 11 is 3.60. The summed E-state index contributed by atoms with van der Waals surface area (Å²) in [6, 6.07) is 7.37.